The third-order valence-electron chi connectivity index (χ3n) is 12.9. The predicted octanol–water partition coefficient (Wildman–Crippen LogP) is 17.4. The second-order valence-electron chi connectivity index (χ2n) is 19.3. The lowest BCUT2D eigenvalue weighted by Crippen LogP contribution is -2.46. The average Bonchev–Trinajstić information content (AvgIpc) is 3.30. The fraction of sp³-hybridized carbons (Fsp3) is 0.831. The fourth-order valence-corrected chi connectivity index (χ4v) is 8.60. The van der Waals surface area contributed by atoms with Gasteiger partial charge in [-0.15, -0.1) is 0 Å². The molecule has 0 aromatic heterocycles. The second kappa shape index (κ2) is 52.8. The lowest BCUT2D eigenvalue weighted by molar-refractivity contribution is -0.151. The molecule has 0 spiro atoms. The summed E-state index contributed by atoms with van der Waals surface area (Å²) in [6, 6.07) is -0.711. The van der Waals surface area contributed by atoms with E-state index in [9.17, 15) is 19.8 Å². The molecule has 0 aliphatic heterocycles. The van der Waals surface area contributed by atoms with Crippen LogP contribution in [0.5, 0.6) is 0 Å². The van der Waals surface area contributed by atoms with Crippen LogP contribution in [0.3, 0.4) is 0 Å². The van der Waals surface area contributed by atoms with Crippen LogP contribution in [0, 0.1) is 0 Å². The van der Waals surface area contributed by atoms with Gasteiger partial charge in [-0.05, 0) is 64.2 Å². The minimum absolute atomic E-state index is 0.0591. The molecule has 380 valence electrons. The van der Waals surface area contributed by atoms with Gasteiger partial charge < -0.3 is 20.3 Å². The first-order valence-electron chi connectivity index (χ1n) is 28.4. The molecule has 6 nitrogen and oxygen atoms in total. The van der Waals surface area contributed by atoms with Crippen molar-refractivity contribution in [2.75, 3.05) is 6.61 Å². The Hall–Kier alpha value is -2.18. The number of aliphatic hydroxyl groups is 2. The van der Waals surface area contributed by atoms with Gasteiger partial charge in [-0.2, -0.15) is 0 Å². The highest BCUT2D eigenvalue weighted by molar-refractivity contribution is 5.77. The Kier molecular flexibility index (Phi) is 51.0. The molecular formula is C59H109NO5. The quantitative estimate of drug-likeness (QED) is 0.0321. The molecular weight excluding hydrogens is 803 g/mol. The van der Waals surface area contributed by atoms with Crippen LogP contribution < -0.4 is 5.32 Å². The first-order valence-corrected chi connectivity index (χ1v) is 28.4. The molecule has 1 amide bonds. The first kappa shape index (κ1) is 62.8. The van der Waals surface area contributed by atoms with Crippen LogP contribution in [0.25, 0.3) is 0 Å². The molecule has 3 unspecified atom stereocenters. The topological polar surface area (TPSA) is 95.9 Å². The van der Waals surface area contributed by atoms with Crippen molar-refractivity contribution in [3.8, 4) is 0 Å². The fourth-order valence-electron chi connectivity index (χ4n) is 8.60. The van der Waals surface area contributed by atoms with Gasteiger partial charge in [0.25, 0.3) is 0 Å². The zero-order valence-corrected chi connectivity index (χ0v) is 43.4. The van der Waals surface area contributed by atoms with Crippen molar-refractivity contribution in [3.63, 3.8) is 0 Å². The smallest absolute Gasteiger partial charge is 0.306 e. The molecule has 0 bridgehead atoms. The predicted molar refractivity (Wildman–Crippen MR) is 282 cm³/mol. The number of esters is 1. The molecule has 6 heteroatoms. The van der Waals surface area contributed by atoms with Gasteiger partial charge in [0.1, 0.15) is 6.10 Å². The maximum Gasteiger partial charge on any atom is 0.306 e. The van der Waals surface area contributed by atoms with Crippen LogP contribution in [0.2, 0.25) is 0 Å². The molecule has 0 aromatic rings. The zero-order chi connectivity index (χ0) is 47.4. The van der Waals surface area contributed by atoms with Gasteiger partial charge in [0.05, 0.1) is 25.2 Å². The van der Waals surface area contributed by atoms with Gasteiger partial charge in [0, 0.05) is 6.42 Å². The monoisotopic (exact) mass is 912 g/mol. The van der Waals surface area contributed by atoms with E-state index in [1.807, 2.05) is 0 Å². The number of ether oxygens (including phenoxy) is 1. The molecule has 0 rings (SSSR count). The maximum atomic E-state index is 13.2. The molecule has 0 fully saturated rings. The van der Waals surface area contributed by atoms with Crippen molar-refractivity contribution < 1.29 is 24.5 Å². The molecule has 65 heavy (non-hydrogen) atoms. The number of hydrogen-bond donors (Lipinski definition) is 3. The molecule has 0 aromatic carbocycles. The third kappa shape index (κ3) is 48.1. The van der Waals surface area contributed by atoms with E-state index in [0.29, 0.717) is 25.7 Å². The lowest BCUT2D eigenvalue weighted by Gasteiger charge is -2.24. The summed E-state index contributed by atoms with van der Waals surface area (Å²) in [6.07, 6.45) is 64.6. The summed E-state index contributed by atoms with van der Waals surface area (Å²) in [5.41, 5.74) is 0. The van der Waals surface area contributed by atoms with E-state index in [-0.39, 0.29) is 24.9 Å². The highest BCUT2D eigenvalue weighted by Crippen LogP contribution is 2.18. The van der Waals surface area contributed by atoms with Gasteiger partial charge in [0.15, 0.2) is 0 Å². The highest BCUT2D eigenvalue weighted by Gasteiger charge is 2.24. The largest absolute Gasteiger partial charge is 0.462 e. The summed E-state index contributed by atoms with van der Waals surface area (Å²) in [6.45, 7) is 6.47. The van der Waals surface area contributed by atoms with E-state index in [4.69, 9.17) is 4.74 Å². The Morgan fingerprint density at radius 2 is 0.785 bits per heavy atom. The van der Waals surface area contributed by atoms with Crippen LogP contribution >= 0.6 is 0 Å². The third-order valence-corrected chi connectivity index (χ3v) is 12.9. The number of unbranched alkanes of at least 4 members (excludes halogenated alkanes) is 31. The summed E-state index contributed by atoms with van der Waals surface area (Å²) in [7, 11) is 0. The van der Waals surface area contributed by atoms with Gasteiger partial charge >= 0.3 is 5.97 Å². The second-order valence-corrected chi connectivity index (χ2v) is 19.3. The summed E-state index contributed by atoms with van der Waals surface area (Å²) >= 11 is 0. The Morgan fingerprint density at radius 1 is 0.446 bits per heavy atom. The van der Waals surface area contributed by atoms with E-state index in [1.165, 1.54) is 173 Å². The summed E-state index contributed by atoms with van der Waals surface area (Å²) in [4.78, 5) is 26.2. The average molecular weight is 913 g/mol. The molecule has 0 aliphatic carbocycles. The maximum absolute atomic E-state index is 13.2. The van der Waals surface area contributed by atoms with Crippen molar-refractivity contribution in [1.29, 1.82) is 0 Å². The summed E-state index contributed by atoms with van der Waals surface area (Å²) in [5, 5.41) is 23.8. The number of nitrogens with one attached hydrogen (secondary N) is 1. The number of aliphatic hydroxyl groups excluding tert-OH is 2. The standard InChI is InChI=1S/C59H109NO5/c1-4-7-10-13-16-19-22-25-27-29-31-33-35-38-41-44-47-50-55(65-59(64)52-49-46-43-40-37-34-32-30-28-26-23-20-17-14-11-8-5-2)53-58(63)60-56(54-61)57(62)51-48-45-42-39-36-24-21-18-15-12-9-6-3/h17,20,26,28,32,34,40,43,55-57,61-62H,4-16,18-19,21-25,27,29-31,33,35-39,41-42,44-54H2,1-3H3,(H,60,63)/b20-17-,28-26-,34-32-,43-40-. The van der Waals surface area contributed by atoms with Gasteiger partial charge in [-0.1, -0.05) is 262 Å². The minimum Gasteiger partial charge on any atom is -0.462 e. The molecule has 3 atom stereocenters. The van der Waals surface area contributed by atoms with Crippen LogP contribution in [0.1, 0.15) is 290 Å². The number of carbonyl (C=O) groups excluding carboxylic acids is 2. The summed E-state index contributed by atoms with van der Waals surface area (Å²) in [5.74, 6) is -0.528. The van der Waals surface area contributed by atoms with Gasteiger partial charge in [-0.25, -0.2) is 0 Å². The van der Waals surface area contributed by atoms with Crippen molar-refractivity contribution in [1.82, 2.24) is 5.32 Å². The highest BCUT2D eigenvalue weighted by atomic mass is 16.5. The Morgan fingerprint density at radius 3 is 1.18 bits per heavy atom. The van der Waals surface area contributed by atoms with Gasteiger partial charge in [0.2, 0.25) is 5.91 Å². The SMILES string of the molecule is CCCCC/C=C\C/C=C\C/C=C\C/C=C\CCCC(=O)OC(CCCCCCCCCCCCCCCCCCC)CC(=O)NC(CO)C(O)CCCCCCCCCCCCCC. The molecule has 0 saturated carbocycles. The van der Waals surface area contributed by atoms with Gasteiger partial charge in [-0.3, -0.25) is 9.59 Å². The van der Waals surface area contributed by atoms with Crippen molar-refractivity contribution in [2.24, 2.45) is 0 Å². The van der Waals surface area contributed by atoms with E-state index >= 15 is 0 Å². The molecule has 0 heterocycles. The Balaban J connectivity index is 4.63. The van der Waals surface area contributed by atoms with Crippen LogP contribution in [-0.2, 0) is 14.3 Å². The van der Waals surface area contributed by atoms with E-state index < -0.39 is 18.2 Å². The molecule has 0 saturated heterocycles. The van der Waals surface area contributed by atoms with E-state index in [2.05, 4.69) is 74.7 Å². The Bertz CT molecular complexity index is 1110. The molecule has 0 radical (unpaired) electrons. The zero-order valence-electron chi connectivity index (χ0n) is 43.4. The van der Waals surface area contributed by atoms with Crippen LogP contribution in [0.4, 0.5) is 0 Å². The summed E-state index contributed by atoms with van der Waals surface area (Å²) < 4.78 is 5.93. The Labute approximate surface area is 404 Å². The van der Waals surface area contributed by atoms with Crippen LogP contribution in [0.15, 0.2) is 48.6 Å². The normalized spacial score (nSPS) is 13.5. The lowest BCUT2D eigenvalue weighted by atomic mass is 10.0. The minimum atomic E-state index is -0.795. The number of amides is 1. The first-order chi connectivity index (χ1) is 32.0. The number of carbonyl (C=O) groups is 2. The molecule has 3 N–H and O–H groups in total. The molecule has 0 aliphatic rings. The van der Waals surface area contributed by atoms with E-state index in [0.717, 1.165) is 64.2 Å². The van der Waals surface area contributed by atoms with Crippen molar-refractivity contribution >= 4 is 11.9 Å². The number of hydrogen-bond acceptors (Lipinski definition) is 5. The number of rotatable bonds is 51. The van der Waals surface area contributed by atoms with Crippen LogP contribution in [-0.4, -0.2) is 46.9 Å². The number of allylic oxidation sites excluding steroid dienone is 8. The van der Waals surface area contributed by atoms with E-state index in [1.54, 1.807) is 0 Å². The van der Waals surface area contributed by atoms with Crippen molar-refractivity contribution in [3.05, 3.63) is 48.6 Å². The van der Waals surface area contributed by atoms with Crippen molar-refractivity contribution in [2.45, 2.75) is 309 Å².